The van der Waals surface area contributed by atoms with Crippen molar-refractivity contribution in [2.75, 3.05) is 11.1 Å². The van der Waals surface area contributed by atoms with Crippen molar-refractivity contribution in [1.82, 2.24) is 9.97 Å². The SMILES string of the molecule is CC(=O)c1ccc(NC(=O)CSc2nc(C(C)C)nc3sc(C)c(C)c23)cc1. The number of ketones is 1. The second-order valence-electron chi connectivity index (χ2n) is 6.98. The average molecular weight is 414 g/mol. The number of hydrogen-bond donors (Lipinski definition) is 1. The first-order chi connectivity index (χ1) is 13.3. The maximum atomic E-state index is 12.4. The highest BCUT2D eigenvalue weighted by Gasteiger charge is 2.17. The van der Waals surface area contributed by atoms with Crippen molar-refractivity contribution in [2.45, 2.75) is 45.6 Å². The van der Waals surface area contributed by atoms with Gasteiger partial charge < -0.3 is 5.32 Å². The number of nitrogens with one attached hydrogen (secondary N) is 1. The fraction of sp³-hybridized carbons (Fsp3) is 0.333. The largest absolute Gasteiger partial charge is 0.325 e. The molecule has 1 amide bonds. The highest BCUT2D eigenvalue weighted by molar-refractivity contribution is 8.00. The van der Waals surface area contributed by atoms with Gasteiger partial charge in [0.2, 0.25) is 5.91 Å². The zero-order chi connectivity index (χ0) is 20.4. The number of carbonyl (C=O) groups is 2. The number of aromatic nitrogens is 2. The van der Waals surface area contributed by atoms with Gasteiger partial charge in [-0.15, -0.1) is 11.3 Å². The first kappa shape index (κ1) is 20.5. The second kappa shape index (κ2) is 8.41. The minimum Gasteiger partial charge on any atom is -0.325 e. The quantitative estimate of drug-likeness (QED) is 0.334. The predicted octanol–water partition coefficient (Wildman–Crippen LogP) is 5.36. The van der Waals surface area contributed by atoms with E-state index in [9.17, 15) is 9.59 Å². The van der Waals surface area contributed by atoms with Crippen LogP contribution < -0.4 is 5.32 Å². The average Bonchev–Trinajstić information content (AvgIpc) is 2.94. The number of hydrogen-bond acceptors (Lipinski definition) is 6. The molecular formula is C21H23N3O2S2. The summed E-state index contributed by atoms with van der Waals surface area (Å²) in [6, 6.07) is 6.91. The van der Waals surface area contributed by atoms with E-state index in [4.69, 9.17) is 9.97 Å². The van der Waals surface area contributed by atoms with Crippen LogP contribution in [0, 0.1) is 13.8 Å². The van der Waals surface area contributed by atoms with Crippen LogP contribution in [0.2, 0.25) is 0 Å². The molecular weight excluding hydrogens is 390 g/mol. The minimum absolute atomic E-state index is 0.00333. The number of rotatable bonds is 6. The number of amides is 1. The van der Waals surface area contributed by atoms with Crippen LogP contribution >= 0.6 is 23.1 Å². The zero-order valence-corrected chi connectivity index (χ0v) is 18.3. The van der Waals surface area contributed by atoms with Gasteiger partial charge in [-0.2, -0.15) is 0 Å². The van der Waals surface area contributed by atoms with Crippen molar-refractivity contribution in [2.24, 2.45) is 0 Å². The monoisotopic (exact) mass is 413 g/mol. The summed E-state index contributed by atoms with van der Waals surface area (Å²) in [6.07, 6.45) is 0. The molecule has 2 heterocycles. The maximum absolute atomic E-state index is 12.4. The molecule has 0 unspecified atom stereocenters. The maximum Gasteiger partial charge on any atom is 0.234 e. The van der Waals surface area contributed by atoms with Gasteiger partial charge in [-0.25, -0.2) is 9.97 Å². The third-order valence-electron chi connectivity index (χ3n) is 4.44. The van der Waals surface area contributed by atoms with E-state index in [2.05, 4.69) is 33.0 Å². The number of aryl methyl sites for hydroxylation is 2. The number of thioether (sulfide) groups is 1. The van der Waals surface area contributed by atoms with Crippen LogP contribution in [0.15, 0.2) is 29.3 Å². The molecule has 0 saturated carbocycles. The van der Waals surface area contributed by atoms with Crippen LogP contribution in [0.1, 0.15) is 53.3 Å². The Bertz CT molecular complexity index is 1040. The molecule has 0 aliphatic rings. The number of thiophene rings is 1. The molecule has 0 radical (unpaired) electrons. The van der Waals surface area contributed by atoms with Gasteiger partial charge in [-0.3, -0.25) is 9.59 Å². The van der Waals surface area contributed by atoms with Crippen LogP contribution in [0.4, 0.5) is 5.69 Å². The second-order valence-corrected chi connectivity index (χ2v) is 9.14. The molecule has 0 bridgehead atoms. The molecule has 0 spiro atoms. The summed E-state index contributed by atoms with van der Waals surface area (Å²) in [7, 11) is 0. The minimum atomic E-state index is -0.108. The topological polar surface area (TPSA) is 72.0 Å². The fourth-order valence-corrected chi connectivity index (χ4v) is 4.70. The first-order valence-electron chi connectivity index (χ1n) is 9.07. The van der Waals surface area contributed by atoms with E-state index in [0.29, 0.717) is 11.3 Å². The standard InChI is InChI=1S/C21H23N3O2S2/c1-11(2)19-23-20(18-12(3)14(5)28-21(18)24-19)27-10-17(26)22-16-8-6-15(7-9-16)13(4)25/h6-9,11H,10H2,1-5H3,(H,22,26). The molecule has 146 valence electrons. The summed E-state index contributed by atoms with van der Waals surface area (Å²) in [4.78, 5) is 35.4. The Morgan fingerprint density at radius 1 is 1.14 bits per heavy atom. The van der Waals surface area contributed by atoms with E-state index < -0.39 is 0 Å². The molecule has 1 aromatic carbocycles. The number of fused-ring (bicyclic) bond motifs is 1. The van der Waals surface area contributed by atoms with Crippen molar-refractivity contribution in [3.8, 4) is 0 Å². The van der Waals surface area contributed by atoms with Crippen molar-refractivity contribution in [3.05, 3.63) is 46.1 Å². The summed E-state index contributed by atoms with van der Waals surface area (Å²) in [5, 5.41) is 4.78. The van der Waals surface area contributed by atoms with Gasteiger partial charge >= 0.3 is 0 Å². The number of nitrogens with zero attached hydrogens (tertiary/aromatic N) is 2. The Kier molecular flexibility index (Phi) is 6.15. The molecule has 0 saturated heterocycles. The van der Waals surface area contributed by atoms with E-state index in [-0.39, 0.29) is 23.4 Å². The Labute approximate surface area is 173 Å². The van der Waals surface area contributed by atoms with E-state index >= 15 is 0 Å². The number of benzene rings is 1. The molecule has 3 aromatic rings. The lowest BCUT2D eigenvalue weighted by atomic mass is 10.1. The van der Waals surface area contributed by atoms with Crippen molar-refractivity contribution in [3.63, 3.8) is 0 Å². The molecule has 7 heteroatoms. The molecule has 1 N–H and O–H groups in total. The van der Waals surface area contributed by atoms with Gasteiger partial charge in [0.25, 0.3) is 0 Å². The Hall–Kier alpha value is -2.25. The molecule has 0 aliphatic carbocycles. The summed E-state index contributed by atoms with van der Waals surface area (Å²) < 4.78 is 0. The zero-order valence-electron chi connectivity index (χ0n) is 16.6. The van der Waals surface area contributed by atoms with E-state index in [1.165, 1.54) is 29.1 Å². The van der Waals surface area contributed by atoms with Gasteiger partial charge in [0.15, 0.2) is 5.78 Å². The van der Waals surface area contributed by atoms with Crippen molar-refractivity contribution in [1.29, 1.82) is 0 Å². The molecule has 0 aliphatic heterocycles. The van der Waals surface area contributed by atoms with Crippen LogP contribution in [0.25, 0.3) is 10.2 Å². The van der Waals surface area contributed by atoms with E-state index in [0.717, 1.165) is 21.1 Å². The molecule has 3 rings (SSSR count). The predicted molar refractivity (Wildman–Crippen MR) is 117 cm³/mol. The van der Waals surface area contributed by atoms with Crippen LogP contribution in [-0.2, 0) is 4.79 Å². The molecule has 5 nitrogen and oxygen atoms in total. The molecule has 2 aromatic heterocycles. The Morgan fingerprint density at radius 3 is 2.43 bits per heavy atom. The number of Topliss-reactive ketones (excluding diaryl/α,β-unsaturated/α-hetero) is 1. The van der Waals surface area contributed by atoms with Gasteiger partial charge in [0.05, 0.1) is 5.75 Å². The smallest absolute Gasteiger partial charge is 0.234 e. The molecule has 28 heavy (non-hydrogen) atoms. The van der Waals surface area contributed by atoms with Gasteiger partial charge in [-0.1, -0.05) is 25.6 Å². The van der Waals surface area contributed by atoms with Gasteiger partial charge in [0, 0.05) is 27.4 Å². The Balaban J connectivity index is 1.77. The van der Waals surface area contributed by atoms with E-state index in [1.807, 2.05) is 0 Å². The van der Waals surface area contributed by atoms with Crippen LogP contribution in [0.3, 0.4) is 0 Å². The third kappa shape index (κ3) is 4.42. The highest BCUT2D eigenvalue weighted by Crippen LogP contribution is 2.36. The summed E-state index contributed by atoms with van der Waals surface area (Å²) in [5.41, 5.74) is 2.48. The van der Waals surface area contributed by atoms with Crippen molar-refractivity contribution < 1.29 is 9.59 Å². The van der Waals surface area contributed by atoms with Crippen LogP contribution in [0.5, 0.6) is 0 Å². The van der Waals surface area contributed by atoms with Crippen molar-refractivity contribution >= 4 is 50.7 Å². The number of carbonyl (C=O) groups excluding carboxylic acids is 2. The first-order valence-corrected chi connectivity index (χ1v) is 10.9. The summed E-state index contributed by atoms with van der Waals surface area (Å²) in [6.45, 7) is 9.82. The third-order valence-corrected chi connectivity index (χ3v) is 6.52. The molecule has 0 fully saturated rings. The molecule has 0 atom stereocenters. The fourth-order valence-electron chi connectivity index (χ4n) is 2.71. The lowest BCUT2D eigenvalue weighted by molar-refractivity contribution is -0.113. The summed E-state index contributed by atoms with van der Waals surface area (Å²) >= 11 is 3.11. The lowest BCUT2D eigenvalue weighted by Gasteiger charge is -2.09. The van der Waals surface area contributed by atoms with Gasteiger partial charge in [0.1, 0.15) is 15.7 Å². The number of anilines is 1. The highest BCUT2D eigenvalue weighted by atomic mass is 32.2. The normalized spacial score (nSPS) is 11.2. The van der Waals surface area contributed by atoms with Gasteiger partial charge in [-0.05, 0) is 50.6 Å². The van der Waals surface area contributed by atoms with Crippen LogP contribution in [-0.4, -0.2) is 27.4 Å². The lowest BCUT2D eigenvalue weighted by Crippen LogP contribution is -2.14. The summed E-state index contributed by atoms with van der Waals surface area (Å²) in [5.74, 6) is 1.18. The Morgan fingerprint density at radius 2 is 1.82 bits per heavy atom. The van der Waals surface area contributed by atoms with E-state index in [1.54, 1.807) is 35.6 Å².